The van der Waals surface area contributed by atoms with Crippen molar-refractivity contribution in [1.29, 1.82) is 0 Å². The molecule has 1 amide bonds. The molecule has 9 heteroatoms. The van der Waals surface area contributed by atoms with E-state index in [0.717, 1.165) is 25.9 Å². The Morgan fingerprint density at radius 1 is 1.28 bits per heavy atom. The van der Waals surface area contributed by atoms with E-state index in [2.05, 4.69) is 4.90 Å². The standard InChI is InChI=1S/C20H30FN3O4.ClH/c1-3-24(15-20(26)27)16-8-10-23(11-9-16)14-19(25)22(2)12-13-28-18-7-5-4-6-17(18)21;/h4-7,16H,3,8-15H2,1-2H3,(H,26,27);1H. The van der Waals surface area contributed by atoms with E-state index < -0.39 is 11.8 Å². The number of para-hydroxylation sites is 1. The monoisotopic (exact) mass is 431 g/mol. The average molecular weight is 432 g/mol. The van der Waals surface area contributed by atoms with Crippen LogP contribution in [-0.4, -0.2) is 90.6 Å². The van der Waals surface area contributed by atoms with E-state index in [1.54, 1.807) is 30.1 Å². The zero-order valence-corrected chi connectivity index (χ0v) is 17.9. The van der Waals surface area contributed by atoms with Gasteiger partial charge in [0.15, 0.2) is 11.6 Å². The van der Waals surface area contributed by atoms with Crippen molar-refractivity contribution in [1.82, 2.24) is 14.7 Å². The second-order valence-corrected chi connectivity index (χ2v) is 7.06. The summed E-state index contributed by atoms with van der Waals surface area (Å²) >= 11 is 0. The molecule has 1 aromatic rings. The van der Waals surface area contributed by atoms with Crippen LogP contribution >= 0.6 is 12.4 Å². The quantitative estimate of drug-likeness (QED) is 0.610. The first-order valence-electron chi connectivity index (χ1n) is 9.70. The number of carbonyl (C=O) groups is 2. The molecule has 1 heterocycles. The van der Waals surface area contributed by atoms with Gasteiger partial charge in [0.1, 0.15) is 6.61 Å². The van der Waals surface area contributed by atoms with Gasteiger partial charge in [-0.15, -0.1) is 12.4 Å². The van der Waals surface area contributed by atoms with Crippen molar-refractivity contribution in [2.75, 3.05) is 52.9 Å². The van der Waals surface area contributed by atoms with Crippen molar-refractivity contribution in [2.24, 2.45) is 0 Å². The SMILES string of the molecule is CCN(CC(=O)O)C1CCN(CC(=O)N(C)CCOc2ccccc2F)CC1.Cl. The Kier molecular flexibility index (Phi) is 10.9. The van der Waals surface area contributed by atoms with Crippen LogP contribution in [0.25, 0.3) is 0 Å². The van der Waals surface area contributed by atoms with Crippen LogP contribution in [0.5, 0.6) is 5.75 Å². The van der Waals surface area contributed by atoms with E-state index in [0.29, 0.717) is 19.6 Å². The largest absolute Gasteiger partial charge is 0.489 e. The Labute approximate surface area is 177 Å². The number of hydrogen-bond donors (Lipinski definition) is 1. The van der Waals surface area contributed by atoms with Crippen LogP contribution in [0.2, 0.25) is 0 Å². The third-order valence-corrected chi connectivity index (χ3v) is 5.12. The lowest BCUT2D eigenvalue weighted by Crippen LogP contribution is -2.49. The Balaban J connectivity index is 0.00000420. The fraction of sp³-hybridized carbons (Fsp3) is 0.600. The number of likely N-dealkylation sites (tertiary alicyclic amines) is 1. The summed E-state index contributed by atoms with van der Waals surface area (Å²) in [6.07, 6.45) is 1.71. The molecule has 0 unspecified atom stereocenters. The minimum Gasteiger partial charge on any atom is -0.489 e. The molecule has 2 rings (SSSR count). The summed E-state index contributed by atoms with van der Waals surface area (Å²) in [4.78, 5) is 29.0. The molecule has 7 nitrogen and oxygen atoms in total. The summed E-state index contributed by atoms with van der Waals surface area (Å²) in [6, 6.07) is 6.45. The number of halogens is 2. The summed E-state index contributed by atoms with van der Waals surface area (Å²) in [5.74, 6) is -1.04. The number of nitrogens with zero attached hydrogens (tertiary/aromatic N) is 3. The van der Waals surface area contributed by atoms with Crippen molar-refractivity contribution >= 4 is 24.3 Å². The third kappa shape index (κ3) is 8.16. The topological polar surface area (TPSA) is 73.3 Å². The Hall–Kier alpha value is -1.90. The maximum atomic E-state index is 13.5. The molecule has 0 saturated carbocycles. The van der Waals surface area contributed by atoms with E-state index in [1.807, 2.05) is 11.8 Å². The Morgan fingerprint density at radius 3 is 2.52 bits per heavy atom. The highest BCUT2D eigenvalue weighted by atomic mass is 35.5. The zero-order chi connectivity index (χ0) is 20.5. The van der Waals surface area contributed by atoms with Crippen molar-refractivity contribution < 1.29 is 23.8 Å². The highest BCUT2D eigenvalue weighted by Gasteiger charge is 2.26. The molecule has 0 bridgehead atoms. The fourth-order valence-electron chi connectivity index (χ4n) is 3.41. The van der Waals surface area contributed by atoms with E-state index >= 15 is 0 Å². The molecule has 1 aliphatic heterocycles. The normalized spacial score (nSPS) is 15.0. The van der Waals surface area contributed by atoms with Crippen LogP contribution in [0.3, 0.4) is 0 Å². The van der Waals surface area contributed by atoms with E-state index in [9.17, 15) is 14.0 Å². The van der Waals surface area contributed by atoms with Gasteiger partial charge in [-0.1, -0.05) is 19.1 Å². The minimum atomic E-state index is -0.807. The number of hydrogen-bond acceptors (Lipinski definition) is 5. The minimum absolute atomic E-state index is 0. The summed E-state index contributed by atoms with van der Waals surface area (Å²) < 4.78 is 18.9. The van der Waals surface area contributed by atoms with Crippen molar-refractivity contribution in [3.63, 3.8) is 0 Å². The molecule has 0 spiro atoms. The summed E-state index contributed by atoms with van der Waals surface area (Å²) in [5.41, 5.74) is 0. The second kappa shape index (κ2) is 12.6. The van der Waals surface area contributed by atoms with E-state index in [1.165, 1.54) is 6.07 Å². The molecule has 0 aliphatic carbocycles. The number of carboxylic acids is 1. The Morgan fingerprint density at radius 2 is 1.93 bits per heavy atom. The van der Waals surface area contributed by atoms with Gasteiger partial charge >= 0.3 is 5.97 Å². The van der Waals surface area contributed by atoms with Crippen molar-refractivity contribution in [3.8, 4) is 5.75 Å². The van der Waals surface area contributed by atoms with Gasteiger partial charge in [-0.2, -0.15) is 0 Å². The van der Waals surface area contributed by atoms with Crippen LogP contribution in [0.15, 0.2) is 24.3 Å². The van der Waals surface area contributed by atoms with Gasteiger partial charge < -0.3 is 14.7 Å². The first-order chi connectivity index (χ1) is 13.4. The van der Waals surface area contributed by atoms with Gasteiger partial charge in [0, 0.05) is 26.2 Å². The molecule has 1 aliphatic rings. The van der Waals surface area contributed by atoms with E-state index in [-0.39, 0.29) is 43.3 Å². The lowest BCUT2D eigenvalue weighted by molar-refractivity contribution is -0.139. The van der Waals surface area contributed by atoms with Crippen molar-refractivity contribution in [2.45, 2.75) is 25.8 Å². The molecule has 0 aromatic heterocycles. The fourth-order valence-corrected chi connectivity index (χ4v) is 3.41. The van der Waals surface area contributed by atoms with E-state index in [4.69, 9.17) is 9.84 Å². The number of benzene rings is 1. The van der Waals surface area contributed by atoms with Crippen LogP contribution in [0.4, 0.5) is 4.39 Å². The van der Waals surface area contributed by atoms with Crippen LogP contribution in [-0.2, 0) is 9.59 Å². The highest BCUT2D eigenvalue weighted by molar-refractivity contribution is 5.85. The molecule has 0 atom stereocenters. The maximum absolute atomic E-state index is 13.5. The summed E-state index contributed by atoms with van der Waals surface area (Å²) in [7, 11) is 1.71. The number of piperidine rings is 1. The lowest BCUT2D eigenvalue weighted by atomic mass is 10.0. The van der Waals surface area contributed by atoms with Crippen LogP contribution < -0.4 is 4.74 Å². The van der Waals surface area contributed by atoms with Crippen molar-refractivity contribution in [3.05, 3.63) is 30.1 Å². The number of carbonyl (C=O) groups excluding carboxylic acids is 1. The molecule has 164 valence electrons. The summed E-state index contributed by atoms with van der Waals surface area (Å²) in [5, 5.41) is 9.00. The smallest absolute Gasteiger partial charge is 0.317 e. The number of likely N-dealkylation sites (N-methyl/N-ethyl adjacent to an activating group) is 2. The number of carboxylic acid groups (broad SMARTS) is 1. The first-order valence-corrected chi connectivity index (χ1v) is 9.70. The molecule has 1 fully saturated rings. The van der Waals surface area contributed by atoms with Crippen LogP contribution in [0, 0.1) is 5.82 Å². The third-order valence-electron chi connectivity index (χ3n) is 5.12. The molecule has 1 N–H and O–H groups in total. The number of amides is 1. The first kappa shape index (κ1) is 25.1. The number of aliphatic carboxylic acids is 1. The zero-order valence-electron chi connectivity index (χ0n) is 17.1. The second-order valence-electron chi connectivity index (χ2n) is 7.06. The molecule has 1 aromatic carbocycles. The molecular weight excluding hydrogens is 401 g/mol. The molecule has 0 radical (unpaired) electrons. The predicted octanol–water partition coefficient (Wildman–Crippen LogP) is 1.96. The van der Waals surface area contributed by atoms with Crippen LogP contribution in [0.1, 0.15) is 19.8 Å². The highest BCUT2D eigenvalue weighted by Crippen LogP contribution is 2.17. The predicted molar refractivity (Wildman–Crippen MR) is 111 cm³/mol. The lowest BCUT2D eigenvalue weighted by Gasteiger charge is -2.37. The molecular formula is C20H31ClFN3O4. The number of ether oxygens (including phenoxy) is 1. The molecule has 29 heavy (non-hydrogen) atoms. The van der Waals surface area contributed by atoms with Gasteiger partial charge in [-0.05, 0) is 31.5 Å². The summed E-state index contributed by atoms with van der Waals surface area (Å²) in [6.45, 7) is 5.21. The van der Waals surface area contributed by atoms with Gasteiger partial charge in [-0.3, -0.25) is 19.4 Å². The Bertz CT molecular complexity index is 656. The number of rotatable bonds is 10. The van der Waals surface area contributed by atoms with Gasteiger partial charge in [0.25, 0.3) is 0 Å². The van der Waals surface area contributed by atoms with Gasteiger partial charge in [0.2, 0.25) is 5.91 Å². The van der Waals surface area contributed by atoms with Gasteiger partial charge in [-0.25, -0.2) is 4.39 Å². The average Bonchev–Trinajstić information content (AvgIpc) is 2.68. The molecule has 1 saturated heterocycles. The maximum Gasteiger partial charge on any atom is 0.317 e. The van der Waals surface area contributed by atoms with Gasteiger partial charge in [0.05, 0.1) is 19.6 Å².